The molecule has 0 fully saturated rings. The first-order valence-corrected chi connectivity index (χ1v) is 6.34. The molecule has 0 saturated carbocycles. The predicted octanol–water partition coefficient (Wildman–Crippen LogP) is 4.09. The molecule has 1 aliphatic carbocycles. The van der Waals surface area contributed by atoms with Crippen LogP contribution < -0.4 is 0 Å². The third-order valence-corrected chi connectivity index (χ3v) is 4.02. The van der Waals surface area contributed by atoms with Crippen molar-refractivity contribution in [3.8, 4) is 0 Å². The Morgan fingerprint density at radius 2 is 2.25 bits per heavy atom. The molecule has 0 aromatic heterocycles. The first-order valence-electron chi connectivity index (χ1n) is 6.34. The number of aliphatic hydroxyl groups excluding tert-OH is 1. The minimum absolute atomic E-state index is 0.00188. The Balaban J connectivity index is 2.56. The largest absolute Gasteiger partial charge is 0.393 e. The third kappa shape index (κ3) is 3.48. The lowest BCUT2D eigenvalue weighted by atomic mass is 9.76. The summed E-state index contributed by atoms with van der Waals surface area (Å²) in [6.07, 6.45) is 6.69. The maximum absolute atomic E-state index is 9.71. The van der Waals surface area contributed by atoms with E-state index in [9.17, 15) is 5.11 Å². The maximum Gasteiger partial charge on any atom is 0.0566 e. The third-order valence-electron chi connectivity index (χ3n) is 4.02. The highest BCUT2D eigenvalue weighted by molar-refractivity contribution is 5.13. The van der Waals surface area contributed by atoms with Crippen LogP contribution in [0.2, 0.25) is 0 Å². The van der Waals surface area contributed by atoms with Crippen LogP contribution in [-0.4, -0.2) is 11.2 Å². The van der Waals surface area contributed by atoms with E-state index in [2.05, 4.69) is 33.4 Å². The van der Waals surface area contributed by atoms with Crippen molar-refractivity contribution in [2.24, 2.45) is 11.3 Å². The second-order valence-corrected chi connectivity index (χ2v) is 6.02. The maximum atomic E-state index is 9.71. The van der Waals surface area contributed by atoms with Crippen molar-refractivity contribution >= 4 is 0 Å². The molecule has 0 spiro atoms. The molecule has 1 rings (SSSR count). The van der Waals surface area contributed by atoms with Crippen LogP contribution in [0.3, 0.4) is 0 Å². The van der Waals surface area contributed by atoms with Gasteiger partial charge in [-0.1, -0.05) is 37.6 Å². The lowest BCUT2D eigenvalue weighted by Crippen LogP contribution is -2.27. The van der Waals surface area contributed by atoms with Gasteiger partial charge in [0, 0.05) is 0 Å². The molecule has 0 heterocycles. The highest BCUT2D eigenvalue weighted by Gasteiger charge is 2.26. The van der Waals surface area contributed by atoms with Crippen molar-refractivity contribution < 1.29 is 5.11 Å². The van der Waals surface area contributed by atoms with Crippen molar-refractivity contribution in [1.29, 1.82) is 0 Å². The van der Waals surface area contributed by atoms with E-state index >= 15 is 0 Å². The van der Waals surface area contributed by atoms with Gasteiger partial charge in [-0.2, -0.15) is 0 Å². The quantitative estimate of drug-likeness (QED) is 0.710. The minimum atomic E-state index is -0.243. The van der Waals surface area contributed by atoms with Gasteiger partial charge >= 0.3 is 0 Å². The van der Waals surface area contributed by atoms with Crippen LogP contribution in [0.5, 0.6) is 0 Å². The van der Waals surface area contributed by atoms with E-state index in [1.165, 1.54) is 24.0 Å². The molecule has 0 unspecified atom stereocenters. The summed E-state index contributed by atoms with van der Waals surface area (Å²) in [4.78, 5) is 0. The van der Waals surface area contributed by atoms with Crippen molar-refractivity contribution in [3.05, 3.63) is 23.8 Å². The number of aliphatic hydroxyl groups is 1. The number of hydrogen-bond acceptors (Lipinski definition) is 1. The lowest BCUT2D eigenvalue weighted by Gasteiger charge is -2.31. The zero-order chi connectivity index (χ0) is 12.3. The van der Waals surface area contributed by atoms with Gasteiger partial charge in [0.1, 0.15) is 0 Å². The van der Waals surface area contributed by atoms with Gasteiger partial charge in [0.2, 0.25) is 0 Å². The molecule has 1 nitrogen and oxygen atoms in total. The molecule has 0 aliphatic heterocycles. The lowest BCUT2D eigenvalue weighted by molar-refractivity contribution is 0.0655. The minimum Gasteiger partial charge on any atom is -0.393 e. The van der Waals surface area contributed by atoms with Crippen molar-refractivity contribution in [2.45, 2.75) is 59.5 Å². The van der Waals surface area contributed by atoms with E-state index < -0.39 is 0 Å². The number of rotatable bonds is 4. The molecule has 92 valence electrons. The van der Waals surface area contributed by atoms with Gasteiger partial charge in [0.05, 0.1) is 6.10 Å². The number of allylic oxidation sites excluding steroid dienone is 3. The molecule has 2 atom stereocenters. The molecular weight excluding hydrogens is 196 g/mol. The molecule has 0 bridgehead atoms. The van der Waals surface area contributed by atoms with Crippen LogP contribution >= 0.6 is 0 Å². The smallest absolute Gasteiger partial charge is 0.0566 e. The summed E-state index contributed by atoms with van der Waals surface area (Å²) in [5.74, 6) is 0.679. The summed E-state index contributed by atoms with van der Waals surface area (Å²) in [5, 5.41) is 9.71. The monoisotopic (exact) mass is 222 g/mol. The van der Waals surface area contributed by atoms with E-state index in [4.69, 9.17) is 0 Å². The van der Waals surface area contributed by atoms with Gasteiger partial charge in [-0.25, -0.2) is 0 Å². The Bertz CT molecular complexity index is 284. The molecule has 0 radical (unpaired) electrons. The molecular formula is C15H26O. The molecule has 0 amide bonds. The molecule has 0 aromatic carbocycles. The normalized spacial score (nSPS) is 23.8. The Morgan fingerprint density at radius 3 is 2.62 bits per heavy atom. The summed E-state index contributed by atoms with van der Waals surface area (Å²) < 4.78 is 0. The van der Waals surface area contributed by atoms with E-state index in [0.29, 0.717) is 5.92 Å². The van der Waals surface area contributed by atoms with Crippen molar-refractivity contribution in [1.82, 2.24) is 0 Å². The van der Waals surface area contributed by atoms with Crippen molar-refractivity contribution in [3.63, 3.8) is 0 Å². The summed E-state index contributed by atoms with van der Waals surface area (Å²) in [7, 11) is 0. The Morgan fingerprint density at radius 1 is 1.62 bits per heavy atom. The fourth-order valence-electron chi connectivity index (χ4n) is 2.23. The van der Waals surface area contributed by atoms with Gasteiger partial charge in [0.15, 0.2) is 0 Å². The molecule has 16 heavy (non-hydrogen) atoms. The summed E-state index contributed by atoms with van der Waals surface area (Å²) in [6, 6.07) is 0. The van der Waals surface area contributed by atoms with Crippen LogP contribution in [0.25, 0.3) is 0 Å². The second-order valence-electron chi connectivity index (χ2n) is 6.02. The van der Waals surface area contributed by atoms with Gasteiger partial charge < -0.3 is 5.11 Å². The average Bonchev–Trinajstić information content (AvgIpc) is 2.17. The average molecular weight is 222 g/mol. The van der Waals surface area contributed by atoms with Gasteiger partial charge in [-0.3, -0.25) is 0 Å². The first kappa shape index (κ1) is 13.5. The highest BCUT2D eigenvalue weighted by atomic mass is 16.3. The number of hydrogen-bond donors (Lipinski definition) is 1. The van der Waals surface area contributed by atoms with E-state index in [1.54, 1.807) is 0 Å². The fraction of sp³-hybridized carbons (Fsp3) is 0.733. The van der Waals surface area contributed by atoms with Crippen LogP contribution in [0.1, 0.15) is 53.4 Å². The molecule has 0 aromatic rings. The van der Waals surface area contributed by atoms with E-state index in [0.717, 1.165) is 12.8 Å². The second kappa shape index (κ2) is 5.18. The van der Waals surface area contributed by atoms with Crippen molar-refractivity contribution in [2.75, 3.05) is 0 Å². The standard InChI is InChI=1S/C15H26O/c1-11(2)14-8-6-13(7-9-14)10-15(4,5)12(3)16/h6,12,14,16H,1,7-10H2,2-5H3/t12-,14-/m1/s1. The summed E-state index contributed by atoms with van der Waals surface area (Å²) >= 11 is 0. The topological polar surface area (TPSA) is 20.2 Å². The zero-order valence-electron chi connectivity index (χ0n) is 11.2. The molecule has 1 heteroatoms. The van der Waals surface area contributed by atoms with Crippen LogP contribution in [0.4, 0.5) is 0 Å². The SMILES string of the molecule is C=C(C)[C@@H]1CC=C(CC(C)(C)[C@@H](C)O)CC1. The summed E-state index contributed by atoms with van der Waals surface area (Å²) in [5.41, 5.74) is 2.83. The Hall–Kier alpha value is -0.560. The van der Waals surface area contributed by atoms with Gasteiger partial charge in [0.25, 0.3) is 0 Å². The molecule has 1 N–H and O–H groups in total. The predicted molar refractivity (Wildman–Crippen MR) is 70.3 cm³/mol. The molecule has 0 saturated heterocycles. The van der Waals surface area contributed by atoms with E-state index in [-0.39, 0.29) is 11.5 Å². The molecule has 1 aliphatic rings. The van der Waals surface area contributed by atoms with Crippen LogP contribution in [0.15, 0.2) is 23.8 Å². The zero-order valence-corrected chi connectivity index (χ0v) is 11.2. The van der Waals surface area contributed by atoms with Gasteiger partial charge in [-0.05, 0) is 50.9 Å². The first-order chi connectivity index (χ1) is 7.33. The Labute approximate surface area is 100 Å². The van der Waals surface area contributed by atoms with Crippen LogP contribution in [0, 0.1) is 11.3 Å². The van der Waals surface area contributed by atoms with E-state index in [1.807, 2.05) is 6.92 Å². The Kier molecular flexibility index (Phi) is 4.37. The summed E-state index contributed by atoms with van der Waals surface area (Å²) in [6.45, 7) is 12.3. The van der Waals surface area contributed by atoms with Gasteiger partial charge in [-0.15, -0.1) is 0 Å². The van der Waals surface area contributed by atoms with Crippen LogP contribution in [-0.2, 0) is 0 Å². The fourth-order valence-corrected chi connectivity index (χ4v) is 2.23. The highest BCUT2D eigenvalue weighted by Crippen LogP contribution is 2.36.